The summed E-state index contributed by atoms with van der Waals surface area (Å²) < 4.78 is 6.87. The molecule has 0 spiro atoms. The second-order valence-corrected chi connectivity index (χ2v) is 8.41. The molecule has 5 nitrogen and oxygen atoms in total. The fourth-order valence-corrected chi connectivity index (χ4v) is 4.86. The number of hydrogen-bond donors (Lipinski definition) is 0. The molecule has 1 aliphatic heterocycles. The molecule has 2 aromatic heterocycles. The van der Waals surface area contributed by atoms with Crippen LogP contribution in [0.3, 0.4) is 0 Å². The zero-order chi connectivity index (χ0) is 18.5. The van der Waals surface area contributed by atoms with E-state index in [4.69, 9.17) is 4.74 Å². The zero-order valence-electron chi connectivity index (χ0n) is 14.9. The number of ether oxygens (including phenoxy) is 1. The van der Waals surface area contributed by atoms with Crippen LogP contribution in [0.15, 0.2) is 48.7 Å². The number of aromatic nitrogens is 2. The molecule has 1 aromatic carbocycles. The van der Waals surface area contributed by atoms with E-state index in [-0.39, 0.29) is 12.0 Å². The maximum absolute atomic E-state index is 13.0. The van der Waals surface area contributed by atoms with E-state index in [0.717, 1.165) is 46.2 Å². The topological polar surface area (TPSA) is 55.3 Å². The molecule has 1 amide bonds. The van der Waals surface area contributed by atoms with Gasteiger partial charge in [-0.3, -0.25) is 14.7 Å². The van der Waals surface area contributed by atoms with E-state index in [2.05, 4.69) is 9.97 Å². The minimum absolute atomic E-state index is 0.0745. The number of carbonyl (C=O) groups is 1. The Morgan fingerprint density at radius 1 is 1.26 bits per heavy atom. The first-order chi connectivity index (χ1) is 13.3. The number of nitrogens with zero attached hydrogens (tertiary/aromatic N) is 3. The van der Waals surface area contributed by atoms with Crippen molar-refractivity contribution in [3.63, 3.8) is 0 Å². The Kier molecular flexibility index (Phi) is 6.01. The number of fused-ring (bicyclic) bond motifs is 1. The van der Waals surface area contributed by atoms with Crippen LogP contribution >= 0.6 is 23.1 Å². The third-order valence-corrected chi connectivity index (χ3v) is 6.44. The van der Waals surface area contributed by atoms with Gasteiger partial charge in [0.2, 0.25) is 5.91 Å². The number of anilines is 1. The molecule has 4 rings (SSSR count). The van der Waals surface area contributed by atoms with Crippen LogP contribution in [0.5, 0.6) is 0 Å². The lowest BCUT2D eigenvalue weighted by Crippen LogP contribution is -2.38. The Morgan fingerprint density at radius 2 is 2.15 bits per heavy atom. The van der Waals surface area contributed by atoms with Gasteiger partial charge in [0.05, 0.1) is 34.3 Å². The Balaban J connectivity index is 1.47. The van der Waals surface area contributed by atoms with E-state index in [1.807, 2.05) is 47.4 Å². The SMILES string of the molecule is O=C(CSCc1ccccn1)N(CC1CCCO1)c1nc2ccccc2s1. The molecule has 140 valence electrons. The number of benzene rings is 1. The van der Waals surface area contributed by atoms with Crippen LogP contribution in [0.1, 0.15) is 18.5 Å². The number of hydrogen-bond acceptors (Lipinski definition) is 6. The largest absolute Gasteiger partial charge is 0.376 e. The normalized spacial score (nSPS) is 16.7. The molecule has 0 N–H and O–H groups in total. The summed E-state index contributed by atoms with van der Waals surface area (Å²) in [4.78, 5) is 23.8. The van der Waals surface area contributed by atoms with Gasteiger partial charge in [0.15, 0.2) is 5.13 Å². The summed E-state index contributed by atoms with van der Waals surface area (Å²) >= 11 is 3.15. The van der Waals surface area contributed by atoms with Crippen molar-refractivity contribution >= 4 is 44.4 Å². The van der Waals surface area contributed by atoms with Crippen LogP contribution < -0.4 is 4.90 Å². The molecule has 27 heavy (non-hydrogen) atoms. The lowest BCUT2D eigenvalue weighted by molar-refractivity contribution is -0.116. The van der Waals surface area contributed by atoms with Crippen molar-refractivity contribution in [3.05, 3.63) is 54.4 Å². The first-order valence-corrected chi connectivity index (χ1v) is 11.0. The molecule has 3 aromatic rings. The van der Waals surface area contributed by atoms with Gasteiger partial charge in [0, 0.05) is 18.6 Å². The lowest BCUT2D eigenvalue weighted by atomic mass is 10.2. The van der Waals surface area contributed by atoms with Crippen molar-refractivity contribution in [2.24, 2.45) is 0 Å². The quantitative estimate of drug-likeness (QED) is 0.598. The number of amides is 1. The number of thioether (sulfide) groups is 1. The Bertz CT molecular complexity index is 861. The van der Waals surface area contributed by atoms with Crippen LogP contribution in [0.4, 0.5) is 5.13 Å². The summed E-state index contributed by atoms with van der Waals surface area (Å²) in [5.74, 6) is 1.20. The maximum atomic E-state index is 13.0. The molecular weight excluding hydrogens is 378 g/mol. The van der Waals surface area contributed by atoms with E-state index in [9.17, 15) is 4.79 Å². The summed E-state index contributed by atoms with van der Waals surface area (Å²) in [6.07, 6.45) is 3.93. The molecule has 0 saturated carbocycles. The smallest absolute Gasteiger partial charge is 0.238 e. The highest BCUT2D eigenvalue weighted by Crippen LogP contribution is 2.30. The number of para-hydroxylation sites is 1. The van der Waals surface area contributed by atoms with E-state index >= 15 is 0 Å². The summed E-state index contributed by atoms with van der Waals surface area (Å²) in [7, 11) is 0. The minimum atomic E-state index is 0.0745. The Morgan fingerprint density at radius 3 is 2.93 bits per heavy atom. The van der Waals surface area contributed by atoms with E-state index in [0.29, 0.717) is 12.3 Å². The third-order valence-electron chi connectivity index (χ3n) is 4.43. The fraction of sp³-hybridized carbons (Fsp3) is 0.350. The molecule has 1 unspecified atom stereocenters. The number of thiazole rings is 1. The fourth-order valence-electron chi connectivity index (χ4n) is 3.06. The third kappa shape index (κ3) is 4.66. The zero-order valence-corrected chi connectivity index (χ0v) is 16.5. The van der Waals surface area contributed by atoms with Crippen LogP contribution in [0, 0.1) is 0 Å². The average Bonchev–Trinajstić information content (AvgIpc) is 3.36. The van der Waals surface area contributed by atoms with Crippen molar-refractivity contribution in [3.8, 4) is 0 Å². The molecule has 3 heterocycles. The summed E-state index contributed by atoms with van der Waals surface area (Å²) in [6.45, 7) is 1.35. The highest BCUT2D eigenvalue weighted by molar-refractivity contribution is 7.99. The number of pyridine rings is 1. The predicted molar refractivity (Wildman–Crippen MR) is 111 cm³/mol. The van der Waals surface area contributed by atoms with Gasteiger partial charge >= 0.3 is 0 Å². The van der Waals surface area contributed by atoms with Crippen molar-refractivity contribution < 1.29 is 9.53 Å². The van der Waals surface area contributed by atoms with Crippen molar-refractivity contribution in [1.82, 2.24) is 9.97 Å². The van der Waals surface area contributed by atoms with Crippen molar-refractivity contribution in [1.29, 1.82) is 0 Å². The van der Waals surface area contributed by atoms with E-state index < -0.39 is 0 Å². The van der Waals surface area contributed by atoms with Crippen LogP contribution in [0.2, 0.25) is 0 Å². The molecular formula is C20H21N3O2S2. The summed E-state index contributed by atoms with van der Waals surface area (Å²) in [5, 5.41) is 0.759. The van der Waals surface area contributed by atoms with Gasteiger partial charge in [-0.1, -0.05) is 29.5 Å². The van der Waals surface area contributed by atoms with E-state index in [1.165, 1.54) is 0 Å². The highest BCUT2D eigenvalue weighted by Gasteiger charge is 2.26. The second kappa shape index (κ2) is 8.82. The van der Waals surface area contributed by atoms with Crippen molar-refractivity contribution in [2.75, 3.05) is 23.8 Å². The van der Waals surface area contributed by atoms with Crippen molar-refractivity contribution in [2.45, 2.75) is 24.7 Å². The molecule has 0 bridgehead atoms. The first kappa shape index (κ1) is 18.4. The Hall–Kier alpha value is -1.96. The first-order valence-electron chi connectivity index (χ1n) is 9.05. The highest BCUT2D eigenvalue weighted by atomic mass is 32.2. The maximum Gasteiger partial charge on any atom is 0.238 e. The minimum Gasteiger partial charge on any atom is -0.376 e. The Labute approximate surface area is 166 Å². The molecule has 1 fully saturated rings. The van der Waals surface area contributed by atoms with Crippen LogP contribution in [-0.4, -0.2) is 40.9 Å². The molecule has 7 heteroatoms. The molecule has 0 aliphatic carbocycles. The van der Waals surface area contributed by atoms with Gasteiger partial charge < -0.3 is 4.74 Å². The average molecular weight is 400 g/mol. The van der Waals surface area contributed by atoms with Gasteiger partial charge in [-0.05, 0) is 37.1 Å². The molecule has 0 radical (unpaired) electrons. The lowest BCUT2D eigenvalue weighted by Gasteiger charge is -2.23. The number of carbonyl (C=O) groups excluding carboxylic acids is 1. The van der Waals surface area contributed by atoms with Gasteiger partial charge in [0.1, 0.15) is 0 Å². The van der Waals surface area contributed by atoms with Crippen LogP contribution in [0.25, 0.3) is 10.2 Å². The van der Waals surface area contributed by atoms with E-state index in [1.54, 1.807) is 29.3 Å². The van der Waals surface area contributed by atoms with Gasteiger partial charge in [-0.15, -0.1) is 11.8 Å². The van der Waals surface area contributed by atoms with Gasteiger partial charge in [-0.2, -0.15) is 0 Å². The molecule has 1 aliphatic rings. The summed E-state index contributed by atoms with van der Waals surface area (Å²) in [6, 6.07) is 13.8. The second-order valence-electron chi connectivity index (χ2n) is 6.42. The molecule has 1 atom stereocenters. The summed E-state index contributed by atoms with van der Waals surface area (Å²) in [5.41, 5.74) is 1.92. The number of rotatable bonds is 7. The standard InChI is InChI=1S/C20H21N3O2S2/c24-19(14-26-13-15-6-3-4-10-21-15)23(12-16-7-5-11-25-16)20-22-17-8-1-2-9-18(17)27-20/h1-4,6,8-10,16H,5,7,11-14H2. The van der Waals surface area contributed by atoms with Crippen LogP contribution in [-0.2, 0) is 15.3 Å². The monoisotopic (exact) mass is 399 g/mol. The van der Waals surface area contributed by atoms with Gasteiger partial charge in [0.25, 0.3) is 0 Å². The molecule has 1 saturated heterocycles. The van der Waals surface area contributed by atoms with Gasteiger partial charge in [-0.25, -0.2) is 4.98 Å². The predicted octanol–water partition coefficient (Wildman–Crippen LogP) is 4.14.